The van der Waals surface area contributed by atoms with Gasteiger partial charge in [0, 0.05) is 3.57 Å². The third-order valence-corrected chi connectivity index (χ3v) is 3.29. The van der Waals surface area contributed by atoms with E-state index >= 15 is 0 Å². The van der Waals surface area contributed by atoms with Gasteiger partial charge in [-0.25, -0.2) is 4.79 Å². The van der Waals surface area contributed by atoms with Gasteiger partial charge in [0.1, 0.15) is 12.4 Å². The van der Waals surface area contributed by atoms with Crippen LogP contribution in [0.5, 0.6) is 5.75 Å². The van der Waals surface area contributed by atoms with Gasteiger partial charge >= 0.3 is 5.97 Å². The number of rotatable bonds is 4. The second kappa shape index (κ2) is 5.68. The van der Waals surface area contributed by atoms with Gasteiger partial charge in [0.15, 0.2) is 6.10 Å². The summed E-state index contributed by atoms with van der Waals surface area (Å²) < 4.78 is 12.0. The van der Waals surface area contributed by atoms with Crippen molar-refractivity contribution >= 4 is 28.6 Å². The molecule has 0 radical (unpaired) electrons. The summed E-state index contributed by atoms with van der Waals surface area (Å²) in [7, 11) is 0. The van der Waals surface area contributed by atoms with Crippen LogP contribution in [-0.4, -0.2) is 29.9 Å². The molecule has 5 heteroatoms. The monoisotopic (exact) mass is 348 g/mol. The fourth-order valence-corrected chi connectivity index (χ4v) is 2.27. The van der Waals surface area contributed by atoms with Gasteiger partial charge in [0.25, 0.3) is 0 Å². The van der Waals surface area contributed by atoms with E-state index in [1.54, 1.807) is 0 Å². The summed E-state index contributed by atoms with van der Waals surface area (Å²) in [6.07, 6.45) is 0.518. The van der Waals surface area contributed by atoms with Crippen molar-refractivity contribution in [2.24, 2.45) is 0 Å². The fraction of sp³-hybridized carbons (Fsp3) is 0.417. The Morgan fingerprint density at radius 2 is 2.35 bits per heavy atom. The molecule has 92 valence electrons. The molecule has 1 aromatic rings. The highest BCUT2D eigenvalue weighted by Gasteiger charge is 2.30. The molecule has 1 aliphatic rings. The van der Waals surface area contributed by atoms with Crippen molar-refractivity contribution in [3.8, 4) is 5.75 Å². The molecule has 0 saturated carbocycles. The summed E-state index contributed by atoms with van der Waals surface area (Å²) in [4.78, 5) is 10.7. The van der Waals surface area contributed by atoms with E-state index in [1.165, 1.54) is 0 Å². The van der Waals surface area contributed by atoms with Crippen LogP contribution >= 0.6 is 22.6 Å². The van der Waals surface area contributed by atoms with Crippen molar-refractivity contribution in [1.29, 1.82) is 0 Å². The molecule has 2 rings (SSSR count). The Kier molecular flexibility index (Phi) is 4.22. The van der Waals surface area contributed by atoms with E-state index in [2.05, 4.69) is 22.6 Å². The molecule has 1 aromatic carbocycles. The zero-order chi connectivity index (χ0) is 12.3. The molecule has 0 amide bonds. The van der Waals surface area contributed by atoms with Crippen LogP contribution in [0.3, 0.4) is 0 Å². The average Bonchev–Trinajstić information content (AvgIpc) is 2.75. The molecule has 0 aliphatic carbocycles. The molecule has 17 heavy (non-hydrogen) atoms. The molecular weight excluding hydrogens is 335 g/mol. The van der Waals surface area contributed by atoms with E-state index in [1.807, 2.05) is 24.3 Å². The van der Waals surface area contributed by atoms with Crippen LogP contribution in [-0.2, 0) is 9.53 Å². The molecule has 1 N–H and O–H groups in total. The molecular formula is C12H13IO4. The van der Waals surface area contributed by atoms with Gasteiger partial charge < -0.3 is 14.6 Å². The highest BCUT2D eigenvalue weighted by atomic mass is 127. The number of hydrogen-bond acceptors (Lipinski definition) is 3. The summed E-state index contributed by atoms with van der Waals surface area (Å²) in [5, 5.41) is 8.79. The lowest BCUT2D eigenvalue weighted by Crippen LogP contribution is -2.23. The van der Waals surface area contributed by atoms with E-state index < -0.39 is 12.1 Å². The van der Waals surface area contributed by atoms with Crippen LogP contribution in [0, 0.1) is 3.57 Å². The van der Waals surface area contributed by atoms with E-state index in [4.69, 9.17) is 14.6 Å². The molecule has 1 heterocycles. The third-order valence-electron chi connectivity index (χ3n) is 2.61. The predicted molar refractivity (Wildman–Crippen MR) is 70.2 cm³/mol. The summed E-state index contributed by atoms with van der Waals surface area (Å²) in [6.45, 7) is 0.407. The summed E-state index contributed by atoms with van der Waals surface area (Å²) in [5.41, 5.74) is 0. The Bertz CT molecular complexity index is 407. The molecule has 2 atom stereocenters. The van der Waals surface area contributed by atoms with Gasteiger partial charge in [0.2, 0.25) is 0 Å². The van der Waals surface area contributed by atoms with Crippen LogP contribution in [0.2, 0.25) is 0 Å². The van der Waals surface area contributed by atoms with Crippen LogP contribution in [0.4, 0.5) is 0 Å². The number of carboxylic acid groups (broad SMARTS) is 1. The van der Waals surface area contributed by atoms with Gasteiger partial charge in [-0.3, -0.25) is 0 Å². The maximum atomic E-state index is 10.7. The highest BCUT2D eigenvalue weighted by molar-refractivity contribution is 14.1. The second-order valence-electron chi connectivity index (χ2n) is 3.93. The maximum Gasteiger partial charge on any atom is 0.332 e. The maximum absolute atomic E-state index is 10.7. The Hall–Kier alpha value is -0.820. The van der Waals surface area contributed by atoms with Crippen molar-refractivity contribution in [3.63, 3.8) is 0 Å². The first-order valence-electron chi connectivity index (χ1n) is 5.42. The number of ether oxygens (including phenoxy) is 2. The lowest BCUT2D eigenvalue weighted by atomic mass is 10.2. The van der Waals surface area contributed by atoms with Gasteiger partial charge in [-0.05, 0) is 53.6 Å². The van der Waals surface area contributed by atoms with Crippen molar-refractivity contribution in [2.45, 2.75) is 25.0 Å². The number of carboxylic acids is 1. The standard InChI is InChI=1S/C12H13IO4/c13-8-2-1-3-9(6-8)16-7-10-4-5-11(17-10)12(14)15/h1-3,6,10-11H,4-5,7H2,(H,14,15). The lowest BCUT2D eigenvalue weighted by Gasteiger charge is -2.12. The number of aliphatic carboxylic acids is 1. The molecule has 1 saturated heterocycles. The molecule has 1 aliphatic heterocycles. The molecule has 1 fully saturated rings. The zero-order valence-corrected chi connectivity index (χ0v) is 11.3. The fourth-order valence-electron chi connectivity index (χ4n) is 1.76. The number of carbonyl (C=O) groups is 1. The minimum atomic E-state index is -0.887. The third kappa shape index (κ3) is 3.57. The second-order valence-corrected chi connectivity index (χ2v) is 5.18. The van der Waals surface area contributed by atoms with Gasteiger partial charge in [-0.1, -0.05) is 6.07 Å². The lowest BCUT2D eigenvalue weighted by molar-refractivity contribution is -0.149. The summed E-state index contributed by atoms with van der Waals surface area (Å²) in [5.74, 6) is -0.0963. The van der Waals surface area contributed by atoms with E-state index in [-0.39, 0.29) is 6.10 Å². The number of benzene rings is 1. The molecule has 0 spiro atoms. The first kappa shape index (κ1) is 12.6. The van der Waals surface area contributed by atoms with Gasteiger partial charge in [-0.15, -0.1) is 0 Å². The van der Waals surface area contributed by atoms with Crippen molar-refractivity contribution < 1.29 is 19.4 Å². The Morgan fingerprint density at radius 1 is 1.53 bits per heavy atom. The Labute approximate surface area is 113 Å². The molecule has 4 nitrogen and oxygen atoms in total. The number of hydrogen-bond donors (Lipinski definition) is 1. The van der Waals surface area contributed by atoms with Crippen molar-refractivity contribution in [1.82, 2.24) is 0 Å². The van der Waals surface area contributed by atoms with Crippen LogP contribution in [0.25, 0.3) is 0 Å². The van der Waals surface area contributed by atoms with Crippen LogP contribution < -0.4 is 4.74 Å². The van der Waals surface area contributed by atoms with Gasteiger partial charge in [0.05, 0.1) is 6.10 Å². The van der Waals surface area contributed by atoms with E-state index in [0.29, 0.717) is 13.0 Å². The van der Waals surface area contributed by atoms with E-state index in [0.717, 1.165) is 15.7 Å². The summed E-state index contributed by atoms with van der Waals surface area (Å²) in [6, 6.07) is 7.72. The summed E-state index contributed by atoms with van der Waals surface area (Å²) >= 11 is 2.22. The van der Waals surface area contributed by atoms with Crippen molar-refractivity contribution in [3.05, 3.63) is 27.8 Å². The van der Waals surface area contributed by atoms with Gasteiger partial charge in [-0.2, -0.15) is 0 Å². The normalized spacial score (nSPS) is 23.6. The minimum Gasteiger partial charge on any atom is -0.491 e. The first-order valence-corrected chi connectivity index (χ1v) is 6.49. The molecule has 2 unspecified atom stereocenters. The SMILES string of the molecule is O=C(O)C1CCC(COc2cccc(I)c2)O1. The predicted octanol–water partition coefficient (Wildman–Crippen LogP) is 2.30. The van der Waals surface area contributed by atoms with Crippen molar-refractivity contribution in [2.75, 3.05) is 6.61 Å². The van der Waals surface area contributed by atoms with Crippen LogP contribution in [0.15, 0.2) is 24.3 Å². The quantitative estimate of drug-likeness (QED) is 0.849. The van der Waals surface area contributed by atoms with Crippen LogP contribution in [0.1, 0.15) is 12.8 Å². The molecule has 0 bridgehead atoms. The molecule has 0 aromatic heterocycles. The van der Waals surface area contributed by atoms with E-state index in [9.17, 15) is 4.79 Å². The highest BCUT2D eigenvalue weighted by Crippen LogP contribution is 2.21. The largest absolute Gasteiger partial charge is 0.491 e. The smallest absolute Gasteiger partial charge is 0.332 e. The Morgan fingerprint density at radius 3 is 3.00 bits per heavy atom. The Balaban J connectivity index is 1.82. The minimum absolute atomic E-state index is 0.117. The first-order chi connectivity index (χ1) is 8.15. The average molecular weight is 348 g/mol. The topological polar surface area (TPSA) is 55.8 Å². The number of halogens is 1. The zero-order valence-electron chi connectivity index (χ0n) is 9.14.